The lowest BCUT2D eigenvalue weighted by Crippen LogP contribution is -2.44. The molecule has 1 heterocycles. The topological polar surface area (TPSA) is 87.2 Å². The predicted molar refractivity (Wildman–Crippen MR) is 76.2 cm³/mol. The summed E-state index contributed by atoms with van der Waals surface area (Å²) >= 11 is 0. The van der Waals surface area contributed by atoms with Crippen molar-refractivity contribution in [3.8, 4) is 6.07 Å². The molecule has 2 rings (SSSR count). The smallest absolute Gasteiger partial charge is 0.243 e. The number of nitrogens with two attached hydrogens (primary N) is 1. The van der Waals surface area contributed by atoms with E-state index in [1.165, 1.54) is 10.4 Å². The first-order valence-corrected chi connectivity index (χ1v) is 8.25. The first-order valence-electron chi connectivity index (χ1n) is 6.81. The van der Waals surface area contributed by atoms with E-state index in [1.54, 1.807) is 6.07 Å². The highest BCUT2D eigenvalue weighted by atomic mass is 32.2. The summed E-state index contributed by atoms with van der Waals surface area (Å²) in [5, 5.41) is 8.82. The first-order chi connectivity index (χ1) is 9.86. The van der Waals surface area contributed by atoms with Gasteiger partial charge in [0.05, 0.1) is 10.5 Å². The number of benzene rings is 1. The van der Waals surface area contributed by atoms with Crippen LogP contribution < -0.4 is 5.73 Å². The van der Waals surface area contributed by atoms with E-state index in [0.29, 0.717) is 13.1 Å². The van der Waals surface area contributed by atoms with Crippen molar-refractivity contribution in [2.45, 2.75) is 30.7 Å². The molecule has 5 nitrogen and oxygen atoms in total. The number of hydrogen-bond donors (Lipinski definition) is 1. The Hall–Kier alpha value is -1.49. The lowest BCUT2D eigenvalue weighted by molar-refractivity contribution is 0.243. The molecule has 1 aliphatic heterocycles. The van der Waals surface area contributed by atoms with Gasteiger partial charge in [-0.15, -0.1) is 0 Å². The van der Waals surface area contributed by atoms with Crippen molar-refractivity contribution >= 4 is 10.0 Å². The number of rotatable bonds is 3. The van der Waals surface area contributed by atoms with E-state index in [-0.39, 0.29) is 22.4 Å². The van der Waals surface area contributed by atoms with E-state index < -0.39 is 15.8 Å². The summed E-state index contributed by atoms with van der Waals surface area (Å²) in [7, 11) is -3.72. The van der Waals surface area contributed by atoms with Crippen LogP contribution in [0.4, 0.5) is 4.39 Å². The molecule has 7 heteroatoms. The third kappa shape index (κ3) is 3.23. The van der Waals surface area contributed by atoms with Crippen LogP contribution in [0.5, 0.6) is 0 Å². The van der Waals surface area contributed by atoms with Crippen LogP contribution in [0, 0.1) is 23.1 Å². The molecule has 0 amide bonds. The summed E-state index contributed by atoms with van der Waals surface area (Å²) in [5.74, 6) is -0.604. The zero-order valence-electron chi connectivity index (χ0n) is 11.8. The van der Waals surface area contributed by atoms with Gasteiger partial charge in [-0.25, -0.2) is 12.8 Å². The van der Waals surface area contributed by atoms with E-state index in [4.69, 9.17) is 11.0 Å². The zero-order chi connectivity index (χ0) is 15.6. The van der Waals surface area contributed by atoms with Crippen LogP contribution in [-0.2, 0) is 10.0 Å². The SMILES string of the molecule is C[C@@H](N)[C@H]1CCCN(S(=O)(=O)c2ccc(F)c(C#N)c2)C1. The van der Waals surface area contributed by atoms with E-state index in [9.17, 15) is 12.8 Å². The largest absolute Gasteiger partial charge is 0.328 e. The van der Waals surface area contributed by atoms with Crippen molar-refractivity contribution in [2.75, 3.05) is 13.1 Å². The number of halogens is 1. The number of nitrogens with zero attached hydrogens (tertiary/aromatic N) is 2. The molecule has 0 spiro atoms. The maximum absolute atomic E-state index is 13.3. The molecule has 0 saturated carbocycles. The van der Waals surface area contributed by atoms with Crippen molar-refractivity contribution in [3.63, 3.8) is 0 Å². The van der Waals surface area contributed by atoms with Gasteiger partial charge in [0.2, 0.25) is 10.0 Å². The van der Waals surface area contributed by atoms with Crippen molar-refractivity contribution in [2.24, 2.45) is 11.7 Å². The fraction of sp³-hybridized carbons (Fsp3) is 0.500. The van der Waals surface area contributed by atoms with Crippen LogP contribution in [0.2, 0.25) is 0 Å². The Morgan fingerprint density at radius 1 is 1.52 bits per heavy atom. The number of sulfonamides is 1. The van der Waals surface area contributed by atoms with Gasteiger partial charge < -0.3 is 5.73 Å². The molecule has 0 aliphatic carbocycles. The Labute approximate surface area is 124 Å². The highest BCUT2D eigenvalue weighted by molar-refractivity contribution is 7.89. The molecule has 2 atom stereocenters. The average Bonchev–Trinajstić information content (AvgIpc) is 2.47. The number of hydrogen-bond acceptors (Lipinski definition) is 4. The normalized spacial score (nSPS) is 21.7. The van der Waals surface area contributed by atoms with Crippen LogP contribution in [0.3, 0.4) is 0 Å². The quantitative estimate of drug-likeness (QED) is 0.915. The van der Waals surface area contributed by atoms with E-state index in [0.717, 1.165) is 25.0 Å². The molecule has 2 N–H and O–H groups in total. The fourth-order valence-corrected chi connectivity index (χ4v) is 4.08. The third-order valence-electron chi connectivity index (χ3n) is 3.86. The molecule has 1 fully saturated rings. The molecule has 114 valence electrons. The molecule has 21 heavy (non-hydrogen) atoms. The summed E-state index contributed by atoms with van der Waals surface area (Å²) in [6.45, 7) is 2.65. The van der Waals surface area contributed by atoms with Crippen molar-refractivity contribution < 1.29 is 12.8 Å². The van der Waals surface area contributed by atoms with Crippen LogP contribution in [0.1, 0.15) is 25.3 Å². The lowest BCUT2D eigenvalue weighted by Gasteiger charge is -2.33. The van der Waals surface area contributed by atoms with Crippen molar-refractivity contribution in [1.82, 2.24) is 4.31 Å². The third-order valence-corrected chi connectivity index (χ3v) is 5.72. The number of nitriles is 1. The van der Waals surface area contributed by atoms with Gasteiger partial charge in [0.25, 0.3) is 0 Å². The van der Waals surface area contributed by atoms with Crippen LogP contribution >= 0.6 is 0 Å². The highest BCUT2D eigenvalue weighted by Crippen LogP contribution is 2.25. The van der Waals surface area contributed by atoms with Crippen molar-refractivity contribution in [1.29, 1.82) is 5.26 Å². The lowest BCUT2D eigenvalue weighted by atomic mass is 9.93. The molecule has 0 unspecified atom stereocenters. The Morgan fingerprint density at radius 2 is 2.24 bits per heavy atom. The van der Waals surface area contributed by atoms with E-state index in [1.807, 2.05) is 6.92 Å². The van der Waals surface area contributed by atoms with Gasteiger partial charge in [0.15, 0.2) is 0 Å². The second-order valence-electron chi connectivity index (χ2n) is 5.38. The van der Waals surface area contributed by atoms with Gasteiger partial charge in [0, 0.05) is 19.1 Å². The minimum Gasteiger partial charge on any atom is -0.328 e. The van der Waals surface area contributed by atoms with Crippen LogP contribution in [-0.4, -0.2) is 31.9 Å². The fourth-order valence-electron chi connectivity index (χ4n) is 2.52. The standard InChI is InChI=1S/C14H18FN3O2S/c1-10(17)11-3-2-6-18(9-11)21(19,20)13-4-5-14(15)12(7-13)8-16/h4-5,7,10-11H,2-3,6,9,17H2,1H3/t10-,11+/m1/s1. The van der Waals surface area contributed by atoms with Crippen LogP contribution in [0.25, 0.3) is 0 Å². The molecule has 0 radical (unpaired) electrons. The summed E-state index contributed by atoms with van der Waals surface area (Å²) in [6.07, 6.45) is 1.65. The zero-order valence-corrected chi connectivity index (χ0v) is 12.6. The Bertz CT molecular complexity index is 667. The van der Waals surface area contributed by atoms with Crippen LogP contribution in [0.15, 0.2) is 23.1 Å². The van der Waals surface area contributed by atoms with Gasteiger partial charge in [-0.05, 0) is 43.9 Å². The molecule has 0 aromatic heterocycles. The highest BCUT2D eigenvalue weighted by Gasteiger charge is 2.31. The Morgan fingerprint density at radius 3 is 2.86 bits per heavy atom. The van der Waals surface area contributed by atoms with Gasteiger partial charge >= 0.3 is 0 Å². The minimum atomic E-state index is -3.72. The summed E-state index contributed by atoms with van der Waals surface area (Å²) in [6, 6.07) is 4.87. The summed E-state index contributed by atoms with van der Waals surface area (Å²) < 4.78 is 39.9. The molecular weight excluding hydrogens is 293 g/mol. The van der Waals surface area contributed by atoms with Gasteiger partial charge in [-0.2, -0.15) is 9.57 Å². The van der Waals surface area contributed by atoms with E-state index >= 15 is 0 Å². The summed E-state index contributed by atoms with van der Waals surface area (Å²) in [5.41, 5.74) is 5.60. The second-order valence-corrected chi connectivity index (χ2v) is 7.32. The molecule has 1 aromatic rings. The summed E-state index contributed by atoms with van der Waals surface area (Å²) in [4.78, 5) is -0.0502. The van der Waals surface area contributed by atoms with Gasteiger partial charge in [-0.3, -0.25) is 0 Å². The van der Waals surface area contributed by atoms with Crippen molar-refractivity contribution in [3.05, 3.63) is 29.6 Å². The predicted octanol–water partition coefficient (Wildman–Crippen LogP) is 1.45. The molecule has 1 aromatic carbocycles. The Kier molecular flexibility index (Phi) is 4.61. The molecular formula is C14H18FN3O2S. The molecule has 0 bridgehead atoms. The maximum atomic E-state index is 13.3. The average molecular weight is 311 g/mol. The maximum Gasteiger partial charge on any atom is 0.243 e. The van der Waals surface area contributed by atoms with Gasteiger partial charge in [0.1, 0.15) is 11.9 Å². The molecule has 1 aliphatic rings. The monoisotopic (exact) mass is 311 g/mol. The Balaban J connectivity index is 2.32. The first kappa shape index (κ1) is 15.9. The minimum absolute atomic E-state index is 0.0502. The van der Waals surface area contributed by atoms with E-state index in [2.05, 4.69) is 0 Å². The van der Waals surface area contributed by atoms with Gasteiger partial charge in [-0.1, -0.05) is 0 Å². The molecule has 1 saturated heterocycles. The number of piperidine rings is 1. The second kappa shape index (κ2) is 6.10.